The van der Waals surface area contributed by atoms with Crippen molar-refractivity contribution in [2.45, 2.75) is 84.5 Å². The summed E-state index contributed by atoms with van der Waals surface area (Å²) in [5.74, 6) is 0.585. The standard InChI is InChI=1S/C21H33F3N4O/c1-6-13(7-2)19(29)27-9-8-14(12-27)15-10-18-25-16(20(3,4)5)11-17(21(22,23)24)28(18)26-15/h10,13-14,16-17,25H,6-9,11-12H2,1-5H3/t14?,16-,17+/m0/s1. The maximum atomic E-state index is 13.8. The van der Waals surface area contributed by atoms with Crippen LogP contribution < -0.4 is 5.32 Å². The topological polar surface area (TPSA) is 50.2 Å². The van der Waals surface area contributed by atoms with E-state index in [0.717, 1.165) is 23.9 Å². The highest BCUT2D eigenvalue weighted by atomic mass is 19.4. The molecule has 1 amide bonds. The summed E-state index contributed by atoms with van der Waals surface area (Å²) in [4.78, 5) is 14.5. The predicted molar refractivity (Wildman–Crippen MR) is 107 cm³/mol. The number of alkyl halides is 3. The first-order valence-electron chi connectivity index (χ1n) is 10.7. The number of rotatable bonds is 4. The van der Waals surface area contributed by atoms with E-state index in [4.69, 9.17) is 0 Å². The van der Waals surface area contributed by atoms with Crippen molar-refractivity contribution in [1.29, 1.82) is 0 Å². The molecule has 29 heavy (non-hydrogen) atoms. The first kappa shape index (κ1) is 22.0. The van der Waals surface area contributed by atoms with E-state index in [-0.39, 0.29) is 35.6 Å². The van der Waals surface area contributed by atoms with Crippen molar-refractivity contribution in [3.05, 3.63) is 11.8 Å². The van der Waals surface area contributed by atoms with Crippen LogP contribution in [0.5, 0.6) is 0 Å². The maximum Gasteiger partial charge on any atom is 0.410 e. The van der Waals surface area contributed by atoms with Crippen LogP contribution in [-0.4, -0.2) is 45.9 Å². The van der Waals surface area contributed by atoms with Crippen molar-refractivity contribution in [3.8, 4) is 0 Å². The van der Waals surface area contributed by atoms with Gasteiger partial charge in [0.2, 0.25) is 5.91 Å². The third-order valence-electron chi connectivity index (χ3n) is 6.51. The Kier molecular flexibility index (Phi) is 5.94. The van der Waals surface area contributed by atoms with E-state index >= 15 is 0 Å². The number of halogens is 3. The molecular formula is C21H33F3N4O. The van der Waals surface area contributed by atoms with Crippen molar-refractivity contribution >= 4 is 11.7 Å². The fourth-order valence-electron chi connectivity index (χ4n) is 4.46. The summed E-state index contributed by atoms with van der Waals surface area (Å²) in [6.45, 7) is 11.0. The van der Waals surface area contributed by atoms with Crippen LogP contribution in [0.1, 0.15) is 78.0 Å². The van der Waals surface area contributed by atoms with Gasteiger partial charge in [0, 0.05) is 37.0 Å². The monoisotopic (exact) mass is 414 g/mol. The van der Waals surface area contributed by atoms with Crippen molar-refractivity contribution in [3.63, 3.8) is 0 Å². The average molecular weight is 415 g/mol. The SMILES string of the molecule is CCC(CC)C(=O)N1CCC(c2cc3n(n2)[C@@H](C(F)(F)F)C[C@@H](C(C)(C)C)N3)C1. The Labute approximate surface area is 171 Å². The Hall–Kier alpha value is -1.73. The lowest BCUT2D eigenvalue weighted by atomic mass is 9.82. The van der Waals surface area contributed by atoms with Gasteiger partial charge < -0.3 is 10.2 Å². The molecular weight excluding hydrogens is 381 g/mol. The molecule has 0 saturated carbocycles. The molecule has 0 spiro atoms. The Morgan fingerprint density at radius 2 is 1.93 bits per heavy atom. The largest absolute Gasteiger partial charge is 0.410 e. The fraction of sp³-hybridized carbons (Fsp3) is 0.810. The zero-order valence-electron chi connectivity index (χ0n) is 18.0. The van der Waals surface area contributed by atoms with Gasteiger partial charge in [0.05, 0.1) is 5.69 Å². The van der Waals surface area contributed by atoms with Crippen LogP contribution in [-0.2, 0) is 4.79 Å². The number of anilines is 1. The Morgan fingerprint density at radius 1 is 1.28 bits per heavy atom. The number of amides is 1. The molecule has 0 radical (unpaired) electrons. The fourth-order valence-corrected chi connectivity index (χ4v) is 4.46. The van der Waals surface area contributed by atoms with Crippen molar-refractivity contribution < 1.29 is 18.0 Å². The lowest BCUT2D eigenvalue weighted by Gasteiger charge is -2.39. The number of nitrogens with one attached hydrogen (secondary N) is 1. The molecule has 0 bridgehead atoms. The van der Waals surface area contributed by atoms with Gasteiger partial charge in [-0.2, -0.15) is 18.3 Å². The molecule has 3 heterocycles. The number of fused-ring (bicyclic) bond motifs is 1. The molecule has 0 aliphatic carbocycles. The number of carbonyl (C=O) groups is 1. The summed E-state index contributed by atoms with van der Waals surface area (Å²) in [7, 11) is 0. The molecule has 1 N–H and O–H groups in total. The average Bonchev–Trinajstić information content (AvgIpc) is 3.26. The predicted octanol–water partition coefficient (Wildman–Crippen LogP) is 4.97. The van der Waals surface area contributed by atoms with E-state index in [1.807, 2.05) is 39.5 Å². The summed E-state index contributed by atoms with van der Waals surface area (Å²) in [5, 5.41) is 7.65. The Bertz CT molecular complexity index is 733. The Balaban J connectivity index is 1.82. The molecule has 3 atom stereocenters. The quantitative estimate of drug-likeness (QED) is 0.757. The number of hydrogen-bond acceptors (Lipinski definition) is 3. The third-order valence-corrected chi connectivity index (χ3v) is 6.51. The van der Waals surface area contributed by atoms with Crippen molar-refractivity contribution in [1.82, 2.24) is 14.7 Å². The summed E-state index contributed by atoms with van der Waals surface area (Å²) in [6.07, 6.45) is -2.04. The number of aromatic nitrogens is 2. The second-order valence-corrected chi connectivity index (χ2v) is 9.54. The number of carbonyl (C=O) groups excluding carboxylic acids is 1. The molecule has 1 fully saturated rings. The van der Waals surface area contributed by atoms with Gasteiger partial charge in [-0.25, -0.2) is 4.68 Å². The summed E-state index contributed by atoms with van der Waals surface area (Å²) >= 11 is 0. The van der Waals surface area contributed by atoms with Gasteiger partial charge in [-0.1, -0.05) is 34.6 Å². The van der Waals surface area contributed by atoms with Gasteiger partial charge in [0.25, 0.3) is 0 Å². The van der Waals surface area contributed by atoms with Crippen LogP contribution in [0, 0.1) is 11.3 Å². The smallest absolute Gasteiger partial charge is 0.367 e. The van der Waals surface area contributed by atoms with Crippen LogP contribution in [0.25, 0.3) is 0 Å². The molecule has 1 aromatic rings. The van der Waals surface area contributed by atoms with Crippen LogP contribution in [0.15, 0.2) is 6.07 Å². The summed E-state index contributed by atoms with van der Waals surface area (Å²) in [6, 6.07) is -0.157. The van der Waals surface area contributed by atoms with E-state index in [0.29, 0.717) is 24.6 Å². The second kappa shape index (κ2) is 7.84. The highest BCUT2D eigenvalue weighted by Crippen LogP contribution is 2.44. The normalized spacial score (nSPS) is 25.3. The molecule has 2 aliphatic heterocycles. The minimum atomic E-state index is -4.35. The molecule has 1 unspecified atom stereocenters. The molecule has 8 heteroatoms. The van der Waals surface area contributed by atoms with E-state index in [2.05, 4.69) is 10.4 Å². The van der Waals surface area contributed by atoms with Gasteiger partial charge in [0.15, 0.2) is 6.04 Å². The van der Waals surface area contributed by atoms with Gasteiger partial charge in [-0.05, 0) is 31.1 Å². The minimum absolute atomic E-state index is 0.0183. The molecule has 3 rings (SSSR count). The minimum Gasteiger partial charge on any atom is -0.367 e. The van der Waals surface area contributed by atoms with Crippen LogP contribution in [0.4, 0.5) is 19.0 Å². The molecule has 2 aliphatic rings. The number of hydrogen-bond donors (Lipinski definition) is 1. The van der Waals surface area contributed by atoms with E-state index in [1.165, 1.54) is 0 Å². The van der Waals surface area contributed by atoms with Crippen molar-refractivity contribution in [2.24, 2.45) is 11.3 Å². The number of likely N-dealkylation sites (tertiary alicyclic amines) is 1. The molecule has 1 aromatic heterocycles. The van der Waals surface area contributed by atoms with Crippen LogP contribution in [0.3, 0.4) is 0 Å². The molecule has 0 aromatic carbocycles. The lowest BCUT2D eigenvalue weighted by molar-refractivity contribution is -0.175. The van der Waals surface area contributed by atoms with Crippen molar-refractivity contribution in [2.75, 3.05) is 18.4 Å². The number of nitrogens with zero attached hydrogens (tertiary/aromatic N) is 3. The van der Waals surface area contributed by atoms with E-state index in [1.54, 1.807) is 6.07 Å². The lowest BCUT2D eigenvalue weighted by Crippen LogP contribution is -2.44. The maximum absolute atomic E-state index is 13.8. The highest BCUT2D eigenvalue weighted by molar-refractivity contribution is 5.79. The first-order valence-corrected chi connectivity index (χ1v) is 10.7. The van der Waals surface area contributed by atoms with Gasteiger partial charge in [-0.3, -0.25) is 4.79 Å². The van der Waals surface area contributed by atoms with Gasteiger partial charge >= 0.3 is 6.18 Å². The van der Waals surface area contributed by atoms with E-state index in [9.17, 15) is 18.0 Å². The van der Waals surface area contributed by atoms with Gasteiger partial charge in [-0.15, -0.1) is 0 Å². The van der Waals surface area contributed by atoms with Gasteiger partial charge in [0.1, 0.15) is 5.82 Å². The summed E-state index contributed by atoms with van der Waals surface area (Å²) < 4.78 is 42.4. The first-order chi connectivity index (χ1) is 13.5. The highest BCUT2D eigenvalue weighted by Gasteiger charge is 2.48. The summed E-state index contributed by atoms with van der Waals surface area (Å²) in [5.41, 5.74) is 0.349. The van der Waals surface area contributed by atoms with E-state index < -0.39 is 12.2 Å². The molecule has 5 nitrogen and oxygen atoms in total. The zero-order valence-corrected chi connectivity index (χ0v) is 18.0. The third kappa shape index (κ3) is 4.40. The Morgan fingerprint density at radius 3 is 2.48 bits per heavy atom. The molecule has 1 saturated heterocycles. The van der Waals surface area contributed by atoms with Crippen LogP contribution in [0.2, 0.25) is 0 Å². The molecule has 164 valence electrons. The zero-order chi connectivity index (χ0) is 21.6. The second-order valence-electron chi connectivity index (χ2n) is 9.54. The van der Waals surface area contributed by atoms with Crippen LogP contribution >= 0.6 is 0 Å².